The van der Waals surface area contributed by atoms with Crippen LogP contribution in [0.2, 0.25) is 0 Å². The molecule has 2 aromatic rings. The van der Waals surface area contributed by atoms with Crippen LogP contribution in [0.15, 0.2) is 37.1 Å². The van der Waals surface area contributed by atoms with Gasteiger partial charge in [-0.25, -0.2) is 9.97 Å². The van der Waals surface area contributed by atoms with Gasteiger partial charge in [-0.2, -0.15) is 0 Å². The van der Waals surface area contributed by atoms with E-state index in [-0.39, 0.29) is 5.91 Å². The molecule has 0 saturated carbocycles. The summed E-state index contributed by atoms with van der Waals surface area (Å²) in [6.45, 7) is 0.336. The Morgan fingerprint density at radius 3 is 2.82 bits per heavy atom. The van der Waals surface area contributed by atoms with Crippen LogP contribution in [0.5, 0.6) is 0 Å². The van der Waals surface area contributed by atoms with Gasteiger partial charge in [-0.15, -0.1) is 0 Å². The van der Waals surface area contributed by atoms with Crippen molar-refractivity contribution in [3.8, 4) is 0 Å². The number of hydrogen-bond acceptors (Lipinski definition) is 5. The molecular formula is C11H11N5O. The summed E-state index contributed by atoms with van der Waals surface area (Å²) in [4.78, 5) is 23.4. The standard InChI is InChI=1S/C11H11N5O/c12-10-6-13-4-2-9(10)11(17)15-5-8-1-3-14-7-16-8/h1-4,6-7H,5,12H2,(H,15,17). The van der Waals surface area contributed by atoms with Crippen LogP contribution in [0.1, 0.15) is 16.1 Å². The van der Waals surface area contributed by atoms with E-state index in [4.69, 9.17) is 5.73 Å². The van der Waals surface area contributed by atoms with E-state index in [2.05, 4.69) is 20.3 Å². The van der Waals surface area contributed by atoms with Gasteiger partial charge < -0.3 is 11.1 Å². The van der Waals surface area contributed by atoms with Gasteiger partial charge in [-0.3, -0.25) is 9.78 Å². The first-order chi connectivity index (χ1) is 8.27. The highest BCUT2D eigenvalue weighted by atomic mass is 16.1. The first-order valence-electron chi connectivity index (χ1n) is 5.00. The summed E-state index contributed by atoms with van der Waals surface area (Å²) in [6.07, 6.45) is 6.02. The molecule has 2 aromatic heterocycles. The molecule has 2 heterocycles. The van der Waals surface area contributed by atoms with Crippen LogP contribution in [0, 0.1) is 0 Å². The lowest BCUT2D eigenvalue weighted by Gasteiger charge is -2.06. The van der Waals surface area contributed by atoms with Gasteiger partial charge in [0.05, 0.1) is 29.7 Å². The van der Waals surface area contributed by atoms with Crippen molar-refractivity contribution in [3.05, 3.63) is 48.3 Å². The fourth-order valence-electron chi connectivity index (χ4n) is 1.30. The highest BCUT2D eigenvalue weighted by Crippen LogP contribution is 2.08. The van der Waals surface area contributed by atoms with Crippen LogP contribution in [-0.2, 0) is 6.54 Å². The summed E-state index contributed by atoms with van der Waals surface area (Å²) < 4.78 is 0. The predicted octanol–water partition coefficient (Wildman–Crippen LogP) is 0.384. The molecule has 1 amide bonds. The second-order valence-electron chi connectivity index (χ2n) is 3.35. The van der Waals surface area contributed by atoms with Crippen molar-refractivity contribution in [3.63, 3.8) is 0 Å². The monoisotopic (exact) mass is 229 g/mol. The average molecular weight is 229 g/mol. The molecule has 0 aromatic carbocycles. The Morgan fingerprint density at radius 2 is 2.12 bits per heavy atom. The fourth-order valence-corrected chi connectivity index (χ4v) is 1.30. The molecule has 6 nitrogen and oxygen atoms in total. The SMILES string of the molecule is Nc1cnccc1C(=O)NCc1ccncn1. The summed E-state index contributed by atoms with van der Waals surface area (Å²) >= 11 is 0. The molecular weight excluding hydrogens is 218 g/mol. The molecule has 0 saturated heterocycles. The van der Waals surface area contributed by atoms with Crippen molar-refractivity contribution >= 4 is 11.6 Å². The van der Waals surface area contributed by atoms with Crippen LogP contribution in [-0.4, -0.2) is 20.9 Å². The number of carbonyl (C=O) groups excluding carboxylic acids is 1. The molecule has 0 radical (unpaired) electrons. The van der Waals surface area contributed by atoms with E-state index in [0.717, 1.165) is 5.69 Å². The van der Waals surface area contributed by atoms with Crippen LogP contribution >= 0.6 is 0 Å². The number of pyridine rings is 1. The van der Waals surface area contributed by atoms with Gasteiger partial charge in [0.2, 0.25) is 0 Å². The Balaban J connectivity index is 2.01. The minimum atomic E-state index is -0.247. The highest BCUT2D eigenvalue weighted by Gasteiger charge is 2.08. The van der Waals surface area contributed by atoms with Crippen molar-refractivity contribution in [2.24, 2.45) is 0 Å². The Labute approximate surface area is 97.9 Å². The van der Waals surface area contributed by atoms with Gasteiger partial charge >= 0.3 is 0 Å². The number of carbonyl (C=O) groups is 1. The topological polar surface area (TPSA) is 93.8 Å². The molecule has 0 bridgehead atoms. The minimum Gasteiger partial charge on any atom is -0.397 e. The number of aromatic nitrogens is 3. The van der Waals surface area contributed by atoms with E-state index in [1.807, 2.05) is 0 Å². The van der Waals surface area contributed by atoms with Gasteiger partial charge in [-0.05, 0) is 12.1 Å². The molecule has 17 heavy (non-hydrogen) atoms. The van der Waals surface area contributed by atoms with Crippen LogP contribution in [0.4, 0.5) is 5.69 Å². The lowest BCUT2D eigenvalue weighted by Crippen LogP contribution is -2.24. The number of anilines is 1. The maximum Gasteiger partial charge on any atom is 0.253 e. The Hall–Kier alpha value is -2.50. The van der Waals surface area contributed by atoms with Gasteiger partial charge in [0, 0.05) is 12.4 Å². The maximum atomic E-state index is 11.8. The van der Waals surface area contributed by atoms with Gasteiger partial charge in [0.15, 0.2) is 0 Å². The van der Waals surface area contributed by atoms with Crippen molar-refractivity contribution < 1.29 is 4.79 Å². The number of nitrogens with zero attached hydrogens (tertiary/aromatic N) is 3. The number of nitrogen functional groups attached to an aromatic ring is 1. The molecule has 0 aliphatic rings. The molecule has 0 unspecified atom stereocenters. The first-order valence-corrected chi connectivity index (χ1v) is 5.00. The third-order valence-corrected chi connectivity index (χ3v) is 2.17. The largest absolute Gasteiger partial charge is 0.397 e. The van der Waals surface area contributed by atoms with Crippen LogP contribution in [0.25, 0.3) is 0 Å². The molecule has 3 N–H and O–H groups in total. The zero-order valence-corrected chi connectivity index (χ0v) is 9.00. The van der Waals surface area contributed by atoms with E-state index >= 15 is 0 Å². The Kier molecular flexibility index (Phi) is 3.25. The third kappa shape index (κ3) is 2.75. The van der Waals surface area contributed by atoms with Crippen LogP contribution < -0.4 is 11.1 Å². The molecule has 86 valence electrons. The first kappa shape index (κ1) is 11.0. The van der Waals surface area contributed by atoms with Crippen molar-refractivity contribution in [1.29, 1.82) is 0 Å². The fraction of sp³-hybridized carbons (Fsp3) is 0.0909. The third-order valence-electron chi connectivity index (χ3n) is 2.17. The predicted molar refractivity (Wildman–Crippen MR) is 61.9 cm³/mol. The lowest BCUT2D eigenvalue weighted by atomic mass is 10.2. The maximum absolute atomic E-state index is 11.8. The zero-order chi connectivity index (χ0) is 12.1. The molecule has 6 heteroatoms. The van der Waals surface area contributed by atoms with Crippen molar-refractivity contribution in [1.82, 2.24) is 20.3 Å². The Morgan fingerprint density at radius 1 is 1.29 bits per heavy atom. The molecule has 0 fully saturated rings. The number of rotatable bonds is 3. The van der Waals surface area contributed by atoms with E-state index < -0.39 is 0 Å². The average Bonchev–Trinajstić information content (AvgIpc) is 2.38. The van der Waals surface area contributed by atoms with E-state index in [1.54, 1.807) is 18.3 Å². The molecule has 0 spiro atoms. The molecule has 2 rings (SSSR count). The van der Waals surface area contributed by atoms with E-state index in [1.165, 1.54) is 18.7 Å². The van der Waals surface area contributed by atoms with E-state index in [0.29, 0.717) is 17.8 Å². The lowest BCUT2D eigenvalue weighted by molar-refractivity contribution is 0.0951. The minimum absolute atomic E-state index is 0.247. The number of amides is 1. The Bertz CT molecular complexity index is 514. The zero-order valence-electron chi connectivity index (χ0n) is 9.00. The number of nitrogens with two attached hydrogens (primary N) is 1. The molecule has 0 aliphatic heterocycles. The summed E-state index contributed by atoms with van der Waals surface area (Å²) in [5, 5.41) is 2.72. The summed E-state index contributed by atoms with van der Waals surface area (Å²) in [5.74, 6) is -0.247. The summed E-state index contributed by atoms with van der Waals surface area (Å²) in [5.41, 5.74) is 7.14. The second kappa shape index (κ2) is 5.02. The quantitative estimate of drug-likeness (QED) is 0.793. The normalized spacial score (nSPS) is 9.88. The number of hydrogen-bond donors (Lipinski definition) is 2. The van der Waals surface area contributed by atoms with E-state index in [9.17, 15) is 4.79 Å². The molecule has 0 aliphatic carbocycles. The van der Waals surface area contributed by atoms with Crippen molar-refractivity contribution in [2.75, 3.05) is 5.73 Å². The number of nitrogens with one attached hydrogen (secondary N) is 1. The summed E-state index contributed by atoms with van der Waals surface area (Å²) in [7, 11) is 0. The van der Waals surface area contributed by atoms with Crippen LogP contribution in [0.3, 0.4) is 0 Å². The highest BCUT2D eigenvalue weighted by molar-refractivity contribution is 5.98. The van der Waals surface area contributed by atoms with Gasteiger partial charge in [-0.1, -0.05) is 0 Å². The molecule has 0 atom stereocenters. The summed E-state index contributed by atoms with van der Waals surface area (Å²) in [6, 6.07) is 3.31. The smallest absolute Gasteiger partial charge is 0.253 e. The van der Waals surface area contributed by atoms with Gasteiger partial charge in [0.1, 0.15) is 6.33 Å². The second-order valence-corrected chi connectivity index (χ2v) is 3.35. The van der Waals surface area contributed by atoms with Gasteiger partial charge in [0.25, 0.3) is 5.91 Å². The van der Waals surface area contributed by atoms with Crippen molar-refractivity contribution in [2.45, 2.75) is 6.54 Å².